The van der Waals surface area contributed by atoms with Gasteiger partial charge in [-0.05, 0) is 19.3 Å². The number of hydrogen-bond acceptors (Lipinski definition) is 4. The molecule has 2 rings (SSSR count). The number of likely N-dealkylation sites (tertiary alicyclic amines) is 1. The van der Waals surface area contributed by atoms with Crippen LogP contribution in [0.3, 0.4) is 0 Å². The number of carbonyl (C=O) groups excluding carboxylic acids is 3. The number of nitrogens with zero attached hydrogens (tertiary/aromatic N) is 1. The predicted octanol–water partition coefficient (Wildman–Crippen LogP) is -1.08. The number of piperidine rings is 1. The Morgan fingerprint density at radius 2 is 2.06 bits per heavy atom. The maximum absolute atomic E-state index is 11.9. The number of urea groups is 1. The predicted molar refractivity (Wildman–Crippen MR) is 63.5 cm³/mol. The maximum Gasteiger partial charge on any atom is 0.322 e. The van der Waals surface area contributed by atoms with Gasteiger partial charge in [0.05, 0.1) is 6.04 Å². The zero-order chi connectivity index (χ0) is 13.3. The van der Waals surface area contributed by atoms with E-state index in [1.54, 1.807) is 4.90 Å². The summed E-state index contributed by atoms with van der Waals surface area (Å²) >= 11 is 0. The standard InChI is InChI=1S/C11H18N4O3/c1-2-7(12)8(16)15-5-3-11(4-6-15)9(17)13-10(18)14-11/h7H,2-6,12H2,1H3,(H2,13,14,17,18)/t7-/m1/s1. The van der Waals surface area contributed by atoms with Gasteiger partial charge in [0.25, 0.3) is 5.91 Å². The number of imide groups is 1. The van der Waals surface area contributed by atoms with Crippen LogP contribution in [0, 0.1) is 0 Å². The van der Waals surface area contributed by atoms with Gasteiger partial charge < -0.3 is 16.0 Å². The van der Waals surface area contributed by atoms with Gasteiger partial charge in [-0.15, -0.1) is 0 Å². The maximum atomic E-state index is 11.9. The van der Waals surface area contributed by atoms with Crippen LogP contribution in [0.4, 0.5) is 4.79 Å². The van der Waals surface area contributed by atoms with E-state index < -0.39 is 17.6 Å². The van der Waals surface area contributed by atoms with Crippen molar-refractivity contribution in [3.63, 3.8) is 0 Å². The summed E-state index contributed by atoms with van der Waals surface area (Å²) in [7, 11) is 0. The summed E-state index contributed by atoms with van der Waals surface area (Å²) in [4.78, 5) is 36.4. The average Bonchev–Trinajstić information content (AvgIpc) is 2.63. The topological polar surface area (TPSA) is 105 Å². The highest BCUT2D eigenvalue weighted by molar-refractivity contribution is 6.07. The Labute approximate surface area is 105 Å². The van der Waals surface area contributed by atoms with E-state index >= 15 is 0 Å². The molecule has 2 heterocycles. The summed E-state index contributed by atoms with van der Waals surface area (Å²) in [6, 6.07) is -0.934. The van der Waals surface area contributed by atoms with E-state index in [1.807, 2.05) is 6.92 Å². The highest BCUT2D eigenvalue weighted by atomic mass is 16.2. The Kier molecular flexibility index (Phi) is 3.25. The van der Waals surface area contributed by atoms with Crippen molar-refractivity contribution in [1.29, 1.82) is 0 Å². The molecule has 0 unspecified atom stereocenters. The molecule has 0 aromatic heterocycles. The van der Waals surface area contributed by atoms with Crippen molar-refractivity contribution in [3.8, 4) is 0 Å². The van der Waals surface area contributed by atoms with Crippen LogP contribution in [0.15, 0.2) is 0 Å². The molecule has 7 heteroatoms. The van der Waals surface area contributed by atoms with Crippen LogP contribution in [-0.2, 0) is 9.59 Å². The van der Waals surface area contributed by atoms with E-state index in [1.165, 1.54) is 0 Å². The van der Waals surface area contributed by atoms with Gasteiger partial charge in [0.1, 0.15) is 5.54 Å². The summed E-state index contributed by atoms with van der Waals surface area (Å²) in [6.45, 7) is 2.75. The molecule has 2 aliphatic rings. The summed E-state index contributed by atoms with van der Waals surface area (Å²) < 4.78 is 0. The van der Waals surface area contributed by atoms with Crippen LogP contribution < -0.4 is 16.4 Å². The molecule has 0 aromatic carbocycles. The number of nitrogens with two attached hydrogens (primary N) is 1. The van der Waals surface area contributed by atoms with E-state index in [-0.39, 0.29) is 11.8 Å². The molecule has 0 bridgehead atoms. The first-order valence-electron chi connectivity index (χ1n) is 6.16. The van der Waals surface area contributed by atoms with E-state index in [0.717, 1.165) is 0 Å². The number of hydrogen-bond donors (Lipinski definition) is 3. The molecule has 0 aliphatic carbocycles. The fourth-order valence-corrected chi connectivity index (χ4v) is 2.40. The van der Waals surface area contributed by atoms with Crippen molar-refractivity contribution in [1.82, 2.24) is 15.5 Å². The minimum atomic E-state index is -0.829. The Balaban J connectivity index is 1.98. The lowest BCUT2D eigenvalue weighted by molar-refractivity contribution is -0.136. The Hall–Kier alpha value is -1.63. The summed E-state index contributed by atoms with van der Waals surface area (Å²) in [5.74, 6) is -0.378. The van der Waals surface area contributed by atoms with Gasteiger partial charge in [-0.1, -0.05) is 6.92 Å². The smallest absolute Gasteiger partial charge is 0.322 e. The number of amides is 4. The van der Waals surface area contributed by atoms with Crippen LogP contribution in [0.1, 0.15) is 26.2 Å². The lowest BCUT2D eigenvalue weighted by Crippen LogP contribution is -2.57. The monoisotopic (exact) mass is 254 g/mol. The minimum absolute atomic E-state index is 0.0860. The van der Waals surface area contributed by atoms with Crippen molar-refractivity contribution in [2.75, 3.05) is 13.1 Å². The second-order valence-corrected chi connectivity index (χ2v) is 4.83. The fraction of sp³-hybridized carbons (Fsp3) is 0.727. The van der Waals surface area contributed by atoms with Gasteiger partial charge in [-0.25, -0.2) is 4.79 Å². The molecule has 4 N–H and O–H groups in total. The zero-order valence-electron chi connectivity index (χ0n) is 10.4. The molecule has 2 saturated heterocycles. The Bertz CT molecular complexity index is 388. The molecular weight excluding hydrogens is 236 g/mol. The molecule has 2 fully saturated rings. The van der Waals surface area contributed by atoms with Crippen LogP contribution in [0.2, 0.25) is 0 Å². The molecule has 1 spiro atoms. The van der Waals surface area contributed by atoms with Crippen molar-refractivity contribution in [3.05, 3.63) is 0 Å². The second kappa shape index (κ2) is 4.56. The molecule has 0 radical (unpaired) electrons. The Morgan fingerprint density at radius 3 is 2.50 bits per heavy atom. The molecular formula is C11H18N4O3. The number of rotatable bonds is 2. The lowest BCUT2D eigenvalue weighted by Gasteiger charge is -2.37. The first-order valence-corrected chi connectivity index (χ1v) is 6.16. The molecule has 4 amide bonds. The minimum Gasteiger partial charge on any atom is -0.341 e. The van der Waals surface area contributed by atoms with Crippen LogP contribution >= 0.6 is 0 Å². The van der Waals surface area contributed by atoms with Gasteiger partial charge in [0.15, 0.2) is 0 Å². The summed E-state index contributed by atoms with van der Waals surface area (Å²) in [5.41, 5.74) is 4.87. The first-order chi connectivity index (χ1) is 8.48. The van der Waals surface area contributed by atoms with Crippen LogP contribution in [0.25, 0.3) is 0 Å². The van der Waals surface area contributed by atoms with Crippen molar-refractivity contribution < 1.29 is 14.4 Å². The van der Waals surface area contributed by atoms with Crippen molar-refractivity contribution in [2.24, 2.45) is 5.73 Å². The third-order valence-electron chi connectivity index (χ3n) is 3.70. The Morgan fingerprint density at radius 1 is 1.44 bits per heavy atom. The highest BCUT2D eigenvalue weighted by Gasteiger charge is 2.48. The lowest BCUT2D eigenvalue weighted by atomic mass is 9.87. The van der Waals surface area contributed by atoms with E-state index in [0.29, 0.717) is 32.4 Å². The fourth-order valence-electron chi connectivity index (χ4n) is 2.40. The third-order valence-corrected chi connectivity index (χ3v) is 3.70. The summed E-state index contributed by atoms with van der Waals surface area (Å²) in [5, 5.41) is 4.89. The van der Waals surface area contributed by atoms with Gasteiger partial charge in [-0.3, -0.25) is 14.9 Å². The number of carbonyl (C=O) groups is 3. The first kappa shape index (κ1) is 12.8. The van der Waals surface area contributed by atoms with E-state index in [9.17, 15) is 14.4 Å². The molecule has 0 aromatic rings. The van der Waals surface area contributed by atoms with E-state index in [2.05, 4.69) is 10.6 Å². The quantitative estimate of drug-likeness (QED) is 0.545. The molecule has 18 heavy (non-hydrogen) atoms. The summed E-state index contributed by atoms with van der Waals surface area (Å²) in [6.07, 6.45) is 1.47. The second-order valence-electron chi connectivity index (χ2n) is 4.83. The molecule has 2 aliphatic heterocycles. The molecule has 1 atom stereocenters. The van der Waals surface area contributed by atoms with Crippen molar-refractivity contribution >= 4 is 17.8 Å². The van der Waals surface area contributed by atoms with Gasteiger partial charge in [0.2, 0.25) is 5.91 Å². The van der Waals surface area contributed by atoms with Gasteiger partial charge >= 0.3 is 6.03 Å². The SMILES string of the molecule is CC[C@@H](N)C(=O)N1CCC2(CC1)NC(=O)NC2=O. The van der Waals surface area contributed by atoms with Gasteiger partial charge in [-0.2, -0.15) is 0 Å². The normalized spacial score (nSPS) is 23.8. The molecule has 7 nitrogen and oxygen atoms in total. The third kappa shape index (κ3) is 2.05. The number of nitrogens with one attached hydrogen (secondary N) is 2. The van der Waals surface area contributed by atoms with E-state index in [4.69, 9.17) is 5.73 Å². The van der Waals surface area contributed by atoms with Crippen LogP contribution in [0.5, 0.6) is 0 Å². The highest BCUT2D eigenvalue weighted by Crippen LogP contribution is 2.25. The van der Waals surface area contributed by atoms with Crippen molar-refractivity contribution in [2.45, 2.75) is 37.8 Å². The average molecular weight is 254 g/mol. The van der Waals surface area contributed by atoms with Gasteiger partial charge in [0, 0.05) is 13.1 Å². The molecule has 100 valence electrons. The zero-order valence-corrected chi connectivity index (χ0v) is 10.4. The largest absolute Gasteiger partial charge is 0.341 e. The van der Waals surface area contributed by atoms with Crippen LogP contribution in [-0.4, -0.2) is 47.4 Å². The molecule has 0 saturated carbocycles.